The summed E-state index contributed by atoms with van der Waals surface area (Å²) >= 11 is 6.04. The van der Waals surface area contributed by atoms with Gasteiger partial charge in [0.1, 0.15) is 5.75 Å². The molecule has 1 amide bonds. The fourth-order valence-corrected chi connectivity index (χ4v) is 3.24. The topological polar surface area (TPSA) is 71.5 Å². The van der Waals surface area contributed by atoms with Crippen LogP contribution in [0, 0.1) is 0 Å². The zero-order valence-corrected chi connectivity index (χ0v) is 14.0. The lowest BCUT2D eigenvalue weighted by Crippen LogP contribution is -2.44. The Bertz CT molecular complexity index is 971. The number of benzene rings is 2. The van der Waals surface area contributed by atoms with Crippen molar-refractivity contribution in [3.63, 3.8) is 0 Å². The van der Waals surface area contributed by atoms with Crippen LogP contribution in [0.4, 0.5) is 5.69 Å². The molecule has 5 nitrogen and oxygen atoms in total. The van der Waals surface area contributed by atoms with Gasteiger partial charge in [-0.05, 0) is 18.2 Å². The third kappa shape index (κ3) is 2.71. The van der Waals surface area contributed by atoms with Crippen molar-refractivity contribution in [2.24, 2.45) is 0 Å². The minimum atomic E-state index is -1.71. The molecule has 0 bridgehead atoms. The molecule has 1 aliphatic heterocycles. The standard InChI is InChI=1S/C19H15ClN2O3/c20-13-5-6-17-15(9-13)19(24,7-8-25-17)18(23)22-16-11-21-10-12-3-1-2-4-14(12)16/h1-6,9-11,24H,7-8H2,(H,22,23)/t19-/m0/s1. The summed E-state index contributed by atoms with van der Waals surface area (Å²) in [5.41, 5.74) is -0.793. The minimum Gasteiger partial charge on any atom is -0.493 e. The molecule has 6 heteroatoms. The number of nitrogens with zero attached hydrogens (tertiary/aromatic N) is 1. The van der Waals surface area contributed by atoms with Crippen LogP contribution in [-0.2, 0) is 10.4 Å². The quantitative estimate of drug-likeness (QED) is 0.739. The zero-order chi connectivity index (χ0) is 17.4. The van der Waals surface area contributed by atoms with Crippen LogP contribution < -0.4 is 10.1 Å². The highest BCUT2D eigenvalue weighted by molar-refractivity contribution is 6.30. The number of hydrogen-bond acceptors (Lipinski definition) is 4. The number of nitrogens with one attached hydrogen (secondary N) is 1. The van der Waals surface area contributed by atoms with Crippen LogP contribution in [0.2, 0.25) is 5.02 Å². The normalized spacial score (nSPS) is 19.1. The predicted molar refractivity (Wildman–Crippen MR) is 95.8 cm³/mol. The van der Waals surface area contributed by atoms with E-state index in [4.69, 9.17) is 16.3 Å². The van der Waals surface area contributed by atoms with Crippen molar-refractivity contribution in [3.05, 3.63) is 65.4 Å². The Morgan fingerprint density at radius 1 is 1.24 bits per heavy atom. The third-order valence-corrected chi connectivity index (χ3v) is 4.64. The van der Waals surface area contributed by atoms with E-state index in [0.717, 1.165) is 10.8 Å². The van der Waals surface area contributed by atoms with Gasteiger partial charge in [0.2, 0.25) is 0 Å². The maximum Gasteiger partial charge on any atom is 0.261 e. The van der Waals surface area contributed by atoms with E-state index in [1.165, 1.54) is 0 Å². The van der Waals surface area contributed by atoms with Crippen molar-refractivity contribution in [1.82, 2.24) is 4.98 Å². The molecule has 3 aromatic rings. The lowest BCUT2D eigenvalue weighted by Gasteiger charge is -2.33. The number of halogens is 1. The van der Waals surface area contributed by atoms with E-state index in [-0.39, 0.29) is 13.0 Å². The molecule has 0 aliphatic carbocycles. The van der Waals surface area contributed by atoms with Gasteiger partial charge in [0.15, 0.2) is 5.60 Å². The van der Waals surface area contributed by atoms with E-state index < -0.39 is 11.5 Å². The number of ether oxygens (including phenoxy) is 1. The largest absolute Gasteiger partial charge is 0.493 e. The Morgan fingerprint density at radius 3 is 2.96 bits per heavy atom. The number of hydrogen-bond donors (Lipinski definition) is 2. The maximum atomic E-state index is 12.9. The average molecular weight is 355 g/mol. The van der Waals surface area contributed by atoms with E-state index in [9.17, 15) is 9.90 Å². The van der Waals surface area contributed by atoms with Crippen molar-refractivity contribution in [1.29, 1.82) is 0 Å². The Kier molecular flexibility index (Phi) is 3.82. The SMILES string of the molecule is O=C(Nc1cncc2ccccc12)[C@]1(O)CCOc2ccc(Cl)cc21. The Morgan fingerprint density at radius 2 is 2.08 bits per heavy atom. The van der Waals surface area contributed by atoms with Crippen molar-refractivity contribution >= 4 is 34.0 Å². The van der Waals surface area contributed by atoms with Crippen LogP contribution in [0.15, 0.2) is 54.9 Å². The van der Waals surface area contributed by atoms with Crippen molar-refractivity contribution < 1.29 is 14.6 Å². The van der Waals surface area contributed by atoms with Gasteiger partial charge in [-0.15, -0.1) is 0 Å². The average Bonchev–Trinajstić information content (AvgIpc) is 2.63. The second kappa shape index (κ2) is 6.02. The van der Waals surface area contributed by atoms with Crippen LogP contribution in [0.3, 0.4) is 0 Å². The third-order valence-electron chi connectivity index (χ3n) is 4.40. The molecule has 2 N–H and O–H groups in total. The fourth-order valence-electron chi connectivity index (χ4n) is 3.07. The summed E-state index contributed by atoms with van der Waals surface area (Å²) in [6.45, 7) is 0.242. The molecular formula is C19H15ClN2O3. The number of amides is 1. The van der Waals surface area contributed by atoms with Gasteiger partial charge in [-0.3, -0.25) is 9.78 Å². The van der Waals surface area contributed by atoms with Gasteiger partial charge >= 0.3 is 0 Å². The smallest absolute Gasteiger partial charge is 0.261 e. The van der Waals surface area contributed by atoms with Crippen molar-refractivity contribution in [3.8, 4) is 5.75 Å². The number of fused-ring (bicyclic) bond motifs is 2. The van der Waals surface area contributed by atoms with Crippen LogP contribution >= 0.6 is 11.6 Å². The molecule has 2 heterocycles. The van der Waals surface area contributed by atoms with Gasteiger partial charge in [0.05, 0.1) is 18.5 Å². The van der Waals surface area contributed by atoms with E-state index in [1.54, 1.807) is 30.6 Å². The first-order valence-electron chi connectivity index (χ1n) is 7.87. The first-order valence-corrected chi connectivity index (χ1v) is 8.25. The summed E-state index contributed by atoms with van der Waals surface area (Å²) in [4.78, 5) is 17.1. The second-order valence-corrected chi connectivity index (χ2v) is 6.40. The maximum absolute atomic E-state index is 12.9. The van der Waals surface area contributed by atoms with Crippen LogP contribution in [0.5, 0.6) is 5.75 Å². The van der Waals surface area contributed by atoms with Crippen molar-refractivity contribution in [2.75, 3.05) is 11.9 Å². The number of carbonyl (C=O) groups is 1. The highest BCUT2D eigenvalue weighted by Crippen LogP contribution is 2.39. The lowest BCUT2D eigenvalue weighted by atomic mass is 9.87. The van der Waals surface area contributed by atoms with E-state index in [1.807, 2.05) is 24.3 Å². The van der Waals surface area contributed by atoms with E-state index in [2.05, 4.69) is 10.3 Å². The molecule has 25 heavy (non-hydrogen) atoms. The van der Waals surface area contributed by atoms with Crippen LogP contribution in [0.25, 0.3) is 10.8 Å². The molecule has 0 unspecified atom stereocenters. The Hall–Kier alpha value is -2.63. The highest BCUT2D eigenvalue weighted by atomic mass is 35.5. The lowest BCUT2D eigenvalue weighted by molar-refractivity contribution is -0.138. The molecule has 0 radical (unpaired) electrons. The molecule has 1 aliphatic rings. The first-order chi connectivity index (χ1) is 12.1. The zero-order valence-electron chi connectivity index (χ0n) is 13.2. The molecular weight excluding hydrogens is 340 g/mol. The summed E-state index contributed by atoms with van der Waals surface area (Å²) in [7, 11) is 0. The van der Waals surface area contributed by atoms with Gasteiger partial charge in [0, 0.05) is 34.0 Å². The number of aliphatic hydroxyl groups is 1. The molecule has 1 aromatic heterocycles. The summed E-state index contributed by atoms with van der Waals surface area (Å²) in [5.74, 6) is -0.0678. The highest BCUT2D eigenvalue weighted by Gasteiger charge is 2.43. The van der Waals surface area contributed by atoms with Gasteiger partial charge in [-0.1, -0.05) is 35.9 Å². The van der Waals surface area contributed by atoms with Gasteiger partial charge < -0.3 is 15.2 Å². The number of aromatic nitrogens is 1. The number of pyridine rings is 1. The monoisotopic (exact) mass is 354 g/mol. The summed E-state index contributed by atoms with van der Waals surface area (Å²) < 4.78 is 5.53. The molecule has 126 valence electrons. The molecule has 2 aromatic carbocycles. The molecule has 1 atom stereocenters. The van der Waals surface area contributed by atoms with Gasteiger partial charge in [-0.2, -0.15) is 0 Å². The molecule has 0 saturated heterocycles. The van der Waals surface area contributed by atoms with E-state index in [0.29, 0.717) is 22.0 Å². The van der Waals surface area contributed by atoms with Gasteiger partial charge in [-0.25, -0.2) is 0 Å². The summed E-state index contributed by atoms with van der Waals surface area (Å²) in [6, 6.07) is 12.5. The number of rotatable bonds is 2. The summed E-state index contributed by atoms with van der Waals surface area (Å²) in [5, 5.41) is 16.1. The Labute approximate surface area is 149 Å². The van der Waals surface area contributed by atoms with Crippen LogP contribution in [-0.4, -0.2) is 22.6 Å². The second-order valence-electron chi connectivity index (χ2n) is 5.96. The predicted octanol–water partition coefficient (Wildman–Crippen LogP) is 3.50. The molecule has 4 rings (SSSR count). The minimum absolute atomic E-state index is 0.143. The molecule has 0 saturated carbocycles. The number of carbonyl (C=O) groups excluding carboxylic acids is 1. The van der Waals surface area contributed by atoms with Gasteiger partial charge in [0.25, 0.3) is 5.91 Å². The fraction of sp³-hybridized carbons (Fsp3) is 0.158. The first kappa shape index (κ1) is 15.9. The van der Waals surface area contributed by atoms with Crippen molar-refractivity contribution in [2.45, 2.75) is 12.0 Å². The summed E-state index contributed by atoms with van der Waals surface area (Å²) in [6.07, 6.45) is 3.44. The van der Waals surface area contributed by atoms with E-state index >= 15 is 0 Å². The van der Waals surface area contributed by atoms with Crippen LogP contribution in [0.1, 0.15) is 12.0 Å². The number of anilines is 1. The Balaban J connectivity index is 1.73. The molecule has 0 spiro atoms. The molecule has 0 fully saturated rings.